The fourth-order valence-electron chi connectivity index (χ4n) is 2.37. The molecule has 0 saturated heterocycles. The summed E-state index contributed by atoms with van der Waals surface area (Å²) in [6, 6.07) is 23.3. The quantitative estimate of drug-likeness (QED) is 0.418. The fourth-order valence-corrected chi connectivity index (χ4v) is 2.90. The van der Waals surface area contributed by atoms with Crippen molar-refractivity contribution in [3.05, 3.63) is 99.5 Å². The lowest BCUT2D eigenvalue weighted by molar-refractivity contribution is 0.306. The van der Waals surface area contributed by atoms with E-state index in [1.165, 1.54) is 0 Å². The van der Waals surface area contributed by atoms with E-state index in [1.807, 2.05) is 72.8 Å². The average molecular weight is 385 g/mol. The van der Waals surface area contributed by atoms with Crippen LogP contribution in [-0.4, -0.2) is 6.21 Å². The number of rotatable bonds is 7. The number of halogens is 2. The highest BCUT2D eigenvalue weighted by molar-refractivity contribution is 6.35. The molecule has 5 heteroatoms. The number of hydrogen-bond donors (Lipinski definition) is 1. The van der Waals surface area contributed by atoms with Gasteiger partial charge in [0.15, 0.2) is 0 Å². The molecular weight excluding hydrogens is 367 g/mol. The molecule has 26 heavy (non-hydrogen) atoms. The molecular formula is C21H18Cl2N2O. The van der Waals surface area contributed by atoms with Crippen molar-refractivity contribution in [1.29, 1.82) is 0 Å². The third-order valence-electron chi connectivity index (χ3n) is 3.73. The Bertz CT molecular complexity index is 862. The Morgan fingerprint density at radius 1 is 0.885 bits per heavy atom. The number of nitrogens with one attached hydrogen (secondary N) is 1. The van der Waals surface area contributed by atoms with E-state index < -0.39 is 0 Å². The smallest absolute Gasteiger partial charge is 0.120 e. The van der Waals surface area contributed by atoms with Crippen molar-refractivity contribution in [2.24, 2.45) is 5.10 Å². The van der Waals surface area contributed by atoms with Crippen molar-refractivity contribution in [3.8, 4) is 5.75 Å². The summed E-state index contributed by atoms with van der Waals surface area (Å²) in [6.45, 7) is 0.990. The molecule has 0 unspecified atom stereocenters. The first kappa shape index (κ1) is 18.3. The largest absolute Gasteiger partial charge is 0.489 e. The van der Waals surface area contributed by atoms with Crippen molar-refractivity contribution >= 4 is 29.4 Å². The van der Waals surface area contributed by atoms with Crippen molar-refractivity contribution in [3.63, 3.8) is 0 Å². The zero-order chi connectivity index (χ0) is 18.2. The van der Waals surface area contributed by atoms with Gasteiger partial charge >= 0.3 is 0 Å². The number of hydrazone groups is 1. The maximum atomic E-state index is 6.14. The molecule has 0 atom stereocenters. The monoisotopic (exact) mass is 384 g/mol. The van der Waals surface area contributed by atoms with Gasteiger partial charge in [0.05, 0.1) is 12.8 Å². The van der Waals surface area contributed by atoms with Crippen LogP contribution in [0.1, 0.15) is 16.7 Å². The van der Waals surface area contributed by atoms with Crippen LogP contribution in [0.25, 0.3) is 0 Å². The van der Waals surface area contributed by atoms with Gasteiger partial charge in [-0.1, -0.05) is 71.7 Å². The van der Waals surface area contributed by atoms with Crippen molar-refractivity contribution in [1.82, 2.24) is 5.43 Å². The number of nitrogens with zero attached hydrogens (tertiary/aromatic N) is 1. The van der Waals surface area contributed by atoms with E-state index in [1.54, 1.807) is 6.21 Å². The second kappa shape index (κ2) is 9.27. The van der Waals surface area contributed by atoms with Crippen LogP contribution < -0.4 is 10.2 Å². The second-order valence-electron chi connectivity index (χ2n) is 5.64. The zero-order valence-electron chi connectivity index (χ0n) is 14.0. The van der Waals surface area contributed by atoms with E-state index in [0.717, 1.165) is 22.4 Å². The van der Waals surface area contributed by atoms with E-state index in [4.69, 9.17) is 27.9 Å². The Hall–Kier alpha value is -2.49. The maximum absolute atomic E-state index is 6.14. The van der Waals surface area contributed by atoms with Gasteiger partial charge in [-0.15, -0.1) is 0 Å². The standard InChI is InChI=1S/C21H18Cl2N2O/c22-20-10-5-11-21(23)19(20)14-25-24-13-17-8-4-9-18(12-17)26-15-16-6-2-1-3-7-16/h1-13,25H,14-15H2/b24-13+. The van der Waals surface area contributed by atoms with Crippen LogP contribution in [0.15, 0.2) is 77.9 Å². The first-order valence-corrected chi connectivity index (χ1v) is 8.93. The van der Waals surface area contributed by atoms with E-state index >= 15 is 0 Å². The summed E-state index contributed by atoms with van der Waals surface area (Å²) in [5.41, 5.74) is 5.86. The highest BCUT2D eigenvalue weighted by Gasteiger charge is 2.03. The molecule has 3 aromatic carbocycles. The SMILES string of the molecule is Clc1cccc(Cl)c1CN/N=C/c1cccc(OCc2ccccc2)c1. The molecule has 0 aliphatic rings. The maximum Gasteiger partial charge on any atom is 0.120 e. The minimum Gasteiger partial charge on any atom is -0.489 e. The third kappa shape index (κ3) is 5.25. The van der Waals surface area contributed by atoms with E-state index in [0.29, 0.717) is 23.2 Å². The van der Waals surface area contributed by atoms with Gasteiger partial charge in [0.1, 0.15) is 12.4 Å². The Balaban J connectivity index is 1.55. The molecule has 0 fully saturated rings. The minimum atomic E-state index is 0.458. The zero-order valence-corrected chi connectivity index (χ0v) is 15.5. The summed E-state index contributed by atoms with van der Waals surface area (Å²) in [5, 5.41) is 5.47. The molecule has 0 saturated carbocycles. The van der Waals surface area contributed by atoms with Gasteiger partial charge in [0.2, 0.25) is 0 Å². The molecule has 0 aromatic heterocycles. The molecule has 0 heterocycles. The van der Waals surface area contributed by atoms with Gasteiger partial charge in [-0.05, 0) is 35.4 Å². The van der Waals surface area contributed by atoms with Crippen LogP contribution in [0.5, 0.6) is 5.75 Å². The summed E-state index contributed by atoms with van der Waals surface area (Å²) >= 11 is 12.3. The predicted molar refractivity (Wildman–Crippen MR) is 108 cm³/mol. The first-order chi connectivity index (χ1) is 12.7. The highest BCUT2D eigenvalue weighted by atomic mass is 35.5. The van der Waals surface area contributed by atoms with Crippen LogP contribution >= 0.6 is 23.2 Å². The molecule has 132 valence electrons. The van der Waals surface area contributed by atoms with Crippen molar-refractivity contribution in [2.45, 2.75) is 13.2 Å². The summed E-state index contributed by atoms with van der Waals surface area (Å²) < 4.78 is 5.82. The van der Waals surface area contributed by atoms with Crippen molar-refractivity contribution < 1.29 is 4.74 Å². The molecule has 3 nitrogen and oxygen atoms in total. The second-order valence-corrected chi connectivity index (χ2v) is 6.45. The van der Waals surface area contributed by atoms with E-state index in [2.05, 4.69) is 10.5 Å². The summed E-state index contributed by atoms with van der Waals surface area (Å²) in [4.78, 5) is 0. The van der Waals surface area contributed by atoms with Gasteiger partial charge in [-0.25, -0.2) is 0 Å². The Morgan fingerprint density at radius 3 is 2.38 bits per heavy atom. The van der Waals surface area contributed by atoms with Crippen LogP contribution in [0, 0.1) is 0 Å². The predicted octanol–water partition coefficient (Wildman–Crippen LogP) is 5.70. The Morgan fingerprint density at radius 2 is 1.62 bits per heavy atom. The topological polar surface area (TPSA) is 33.6 Å². The van der Waals surface area contributed by atoms with E-state index in [-0.39, 0.29) is 0 Å². The molecule has 0 aliphatic carbocycles. The van der Waals surface area contributed by atoms with Crippen LogP contribution in [-0.2, 0) is 13.2 Å². The highest BCUT2D eigenvalue weighted by Crippen LogP contribution is 2.23. The number of hydrogen-bond acceptors (Lipinski definition) is 3. The van der Waals surface area contributed by atoms with Crippen molar-refractivity contribution in [2.75, 3.05) is 0 Å². The number of ether oxygens (including phenoxy) is 1. The molecule has 0 radical (unpaired) electrons. The first-order valence-electron chi connectivity index (χ1n) is 8.18. The lowest BCUT2D eigenvalue weighted by Gasteiger charge is -2.07. The summed E-state index contributed by atoms with van der Waals surface area (Å²) in [6.07, 6.45) is 1.74. The molecule has 3 rings (SSSR count). The van der Waals surface area contributed by atoms with Crippen LogP contribution in [0.2, 0.25) is 10.0 Å². The van der Waals surface area contributed by atoms with Gasteiger partial charge < -0.3 is 10.2 Å². The molecule has 1 N–H and O–H groups in total. The molecule has 0 spiro atoms. The van der Waals surface area contributed by atoms with Gasteiger partial charge in [0.25, 0.3) is 0 Å². The normalized spacial score (nSPS) is 10.8. The fraction of sp³-hybridized carbons (Fsp3) is 0.0952. The molecule has 0 bridgehead atoms. The summed E-state index contributed by atoms with van der Waals surface area (Å²) in [5.74, 6) is 0.798. The van der Waals surface area contributed by atoms with Gasteiger partial charge in [-0.3, -0.25) is 0 Å². The molecule has 0 aliphatic heterocycles. The van der Waals surface area contributed by atoms with Crippen LogP contribution in [0.3, 0.4) is 0 Å². The average Bonchev–Trinajstić information content (AvgIpc) is 2.67. The minimum absolute atomic E-state index is 0.458. The lowest BCUT2D eigenvalue weighted by Crippen LogP contribution is -2.06. The van der Waals surface area contributed by atoms with E-state index in [9.17, 15) is 0 Å². The Labute approximate surface area is 163 Å². The lowest BCUT2D eigenvalue weighted by atomic mass is 10.2. The summed E-state index contributed by atoms with van der Waals surface area (Å²) in [7, 11) is 0. The van der Waals surface area contributed by atoms with Crippen LogP contribution in [0.4, 0.5) is 0 Å². The molecule has 3 aromatic rings. The van der Waals surface area contributed by atoms with Gasteiger partial charge in [0, 0.05) is 15.6 Å². The third-order valence-corrected chi connectivity index (χ3v) is 4.44. The Kier molecular flexibility index (Phi) is 6.53. The van der Waals surface area contributed by atoms with Gasteiger partial charge in [-0.2, -0.15) is 5.10 Å². The molecule has 0 amide bonds. The number of benzene rings is 3.